The molecule has 0 fully saturated rings. The van der Waals surface area contributed by atoms with Crippen LogP contribution < -0.4 is 9.47 Å². The van der Waals surface area contributed by atoms with E-state index in [-0.39, 0.29) is 6.61 Å². The van der Waals surface area contributed by atoms with E-state index in [1.165, 1.54) is 0 Å². The average Bonchev–Trinajstić information content (AvgIpc) is 2.46. The summed E-state index contributed by atoms with van der Waals surface area (Å²) < 4.78 is 11.8. The number of hydrogen-bond donors (Lipinski definition) is 0. The van der Waals surface area contributed by atoms with Crippen molar-refractivity contribution < 1.29 is 14.3 Å². The first-order valence-electron chi connectivity index (χ1n) is 5.84. The van der Waals surface area contributed by atoms with Crippen molar-refractivity contribution in [3.63, 3.8) is 0 Å². The van der Waals surface area contributed by atoms with Gasteiger partial charge in [0.1, 0.15) is 24.4 Å². The first-order chi connectivity index (χ1) is 9.63. The van der Waals surface area contributed by atoms with Gasteiger partial charge in [-0.25, -0.2) is 0 Å². The van der Waals surface area contributed by atoms with Crippen LogP contribution in [0.1, 0.15) is 15.9 Å². The van der Waals surface area contributed by atoms with Crippen LogP contribution in [0, 0.1) is 0 Å². The lowest BCUT2D eigenvalue weighted by Crippen LogP contribution is -2.00. The first kappa shape index (κ1) is 14.9. The molecule has 0 aliphatic carbocycles. The molecule has 0 bridgehead atoms. The highest BCUT2D eigenvalue weighted by molar-refractivity contribution is 9.10. The normalized spacial score (nSPS) is 10.2. The van der Waals surface area contributed by atoms with Crippen LogP contribution in [-0.4, -0.2) is 13.4 Å². The predicted molar refractivity (Wildman–Crippen MR) is 81.9 cm³/mol. The highest BCUT2D eigenvalue weighted by Gasteiger charge is 2.07. The van der Waals surface area contributed by atoms with Crippen LogP contribution >= 0.6 is 27.5 Å². The summed E-state index contributed by atoms with van der Waals surface area (Å²) in [6.45, 7) is 0.270. The van der Waals surface area contributed by atoms with Gasteiger partial charge in [-0.15, -0.1) is 0 Å². The van der Waals surface area contributed by atoms with E-state index >= 15 is 0 Å². The van der Waals surface area contributed by atoms with Crippen LogP contribution in [0.4, 0.5) is 0 Å². The zero-order valence-electron chi connectivity index (χ0n) is 10.7. The second-order valence-corrected chi connectivity index (χ2v) is 5.38. The summed E-state index contributed by atoms with van der Waals surface area (Å²) in [4.78, 5) is 10.8. The van der Waals surface area contributed by atoms with Crippen LogP contribution in [0.2, 0.25) is 5.02 Å². The monoisotopic (exact) mass is 354 g/mol. The smallest absolute Gasteiger partial charge is 0.150 e. The van der Waals surface area contributed by atoms with E-state index in [9.17, 15) is 4.79 Å². The van der Waals surface area contributed by atoms with Gasteiger partial charge in [0.15, 0.2) is 0 Å². The molecule has 0 atom stereocenters. The maximum atomic E-state index is 10.8. The molecule has 5 heteroatoms. The Morgan fingerprint density at radius 1 is 1.20 bits per heavy atom. The molecule has 2 aromatic rings. The van der Waals surface area contributed by atoms with E-state index < -0.39 is 0 Å². The fourth-order valence-electron chi connectivity index (χ4n) is 1.73. The molecular weight excluding hydrogens is 344 g/mol. The number of aldehydes is 1. The highest BCUT2D eigenvalue weighted by Crippen LogP contribution is 2.29. The van der Waals surface area contributed by atoms with Crippen molar-refractivity contribution in [1.29, 1.82) is 0 Å². The third kappa shape index (κ3) is 3.52. The Morgan fingerprint density at radius 2 is 1.95 bits per heavy atom. The molecule has 0 heterocycles. The number of rotatable bonds is 5. The van der Waals surface area contributed by atoms with Crippen LogP contribution in [0.3, 0.4) is 0 Å². The zero-order valence-corrected chi connectivity index (χ0v) is 13.1. The van der Waals surface area contributed by atoms with Gasteiger partial charge >= 0.3 is 0 Å². The minimum atomic E-state index is 0.270. The van der Waals surface area contributed by atoms with Crippen LogP contribution in [0.25, 0.3) is 0 Å². The Balaban J connectivity index is 2.19. The predicted octanol–water partition coefficient (Wildman–Crippen LogP) is 4.50. The van der Waals surface area contributed by atoms with Crippen molar-refractivity contribution in [3.05, 3.63) is 57.0 Å². The molecule has 0 aliphatic rings. The van der Waals surface area contributed by atoms with Crippen molar-refractivity contribution in [2.75, 3.05) is 7.11 Å². The number of ether oxygens (including phenoxy) is 2. The van der Waals surface area contributed by atoms with E-state index in [0.29, 0.717) is 22.1 Å². The van der Waals surface area contributed by atoms with E-state index in [1.807, 2.05) is 6.07 Å². The van der Waals surface area contributed by atoms with Crippen molar-refractivity contribution in [2.45, 2.75) is 6.61 Å². The third-order valence-electron chi connectivity index (χ3n) is 2.72. The molecule has 104 valence electrons. The van der Waals surface area contributed by atoms with Crippen LogP contribution in [0.5, 0.6) is 11.5 Å². The number of carbonyl (C=O) groups is 1. The van der Waals surface area contributed by atoms with Gasteiger partial charge in [-0.1, -0.05) is 27.5 Å². The summed E-state index contributed by atoms with van der Waals surface area (Å²) in [5, 5.41) is 0.518. The fourth-order valence-corrected chi connectivity index (χ4v) is 2.46. The molecule has 20 heavy (non-hydrogen) atoms. The second kappa shape index (κ2) is 6.77. The van der Waals surface area contributed by atoms with Crippen molar-refractivity contribution >= 4 is 33.8 Å². The molecule has 0 N–H and O–H groups in total. The average molecular weight is 356 g/mol. The van der Waals surface area contributed by atoms with Gasteiger partial charge in [0, 0.05) is 15.6 Å². The Morgan fingerprint density at radius 3 is 2.60 bits per heavy atom. The standard InChI is InChI=1S/C15H12BrClO3/c1-19-14-4-2-10(8-18)6-11(14)9-20-15-5-3-12(16)7-13(15)17/h2-8H,9H2,1H3. The lowest BCUT2D eigenvalue weighted by molar-refractivity contribution is 0.112. The van der Waals surface area contributed by atoms with Crippen molar-refractivity contribution in [3.8, 4) is 11.5 Å². The van der Waals surface area contributed by atoms with Gasteiger partial charge in [0.2, 0.25) is 0 Å². The number of halogens is 2. The molecule has 0 aromatic heterocycles. The maximum absolute atomic E-state index is 10.8. The number of methoxy groups -OCH3 is 1. The van der Waals surface area contributed by atoms with Crippen LogP contribution in [-0.2, 0) is 6.61 Å². The molecule has 0 spiro atoms. The first-order valence-corrected chi connectivity index (χ1v) is 7.01. The summed E-state index contributed by atoms with van der Waals surface area (Å²) in [6.07, 6.45) is 0.787. The molecule has 0 aliphatic heterocycles. The zero-order chi connectivity index (χ0) is 14.5. The molecular formula is C15H12BrClO3. The largest absolute Gasteiger partial charge is 0.496 e. The lowest BCUT2D eigenvalue weighted by atomic mass is 10.1. The lowest BCUT2D eigenvalue weighted by Gasteiger charge is -2.12. The van der Waals surface area contributed by atoms with Gasteiger partial charge in [-0.05, 0) is 36.4 Å². The van der Waals surface area contributed by atoms with Gasteiger partial charge in [-0.2, -0.15) is 0 Å². The summed E-state index contributed by atoms with van der Waals surface area (Å²) in [5.74, 6) is 1.25. The second-order valence-electron chi connectivity index (χ2n) is 4.05. The Labute approximate surface area is 130 Å². The van der Waals surface area contributed by atoms with E-state index in [4.69, 9.17) is 21.1 Å². The molecule has 0 saturated heterocycles. The van der Waals surface area contributed by atoms with Crippen LogP contribution in [0.15, 0.2) is 40.9 Å². The topological polar surface area (TPSA) is 35.5 Å². The Kier molecular flexibility index (Phi) is 5.04. The van der Waals surface area contributed by atoms with Gasteiger partial charge in [-0.3, -0.25) is 4.79 Å². The molecule has 0 unspecified atom stereocenters. The quantitative estimate of drug-likeness (QED) is 0.741. The summed E-state index contributed by atoms with van der Waals surface area (Å²) in [5.41, 5.74) is 1.36. The Hall–Kier alpha value is -1.52. The SMILES string of the molecule is COc1ccc(C=O)cc1COc1ccc(Br)cc1Cl. The summed E-state index contributed by atoms with van der Waals surface area (Å²) in [6, 6.07) is 10.6. The molecule has 0 amide bonds. The molecule has 2 aromatic carbocycles. The van der Waals surface area contributed by atoms with E-state index in [0.717, 1.165) is 16.3 Å². The van der Waals surface area contributed by atoms with Gasteiger partial charge < -0.3 is 9.47 Å². The molecule has 0 radical (unpaired) electrons. The van der Waals surface area contributed by atoms with Crippen molar-refractivity contribution in [1.82, 2.24) is 0 Å². The number of benzene rings is 2. The van der Waals surface area contributed by atoms with E-state index in [1.54, 1.807) is 37.4 Å². The highest BCUT2D eigenvalue weighted by atomic mass is 79.9. The third-order valence-corrected chi connectivity index (χ3v) is 3.51. The summed E-state index contributed by atoms with van der Waals surface area (Å²) >= 11 is 9.42. The fraction of sp³-hybridized carbons (Fsp3) is 0.133. The van der Waals surface area contributed by atoms with Crippen molar-refractivity contribution in [2.24, 2.45) is 0 Å². The minimum Gasteiger partial charge on any atom is -0.496 e. The number of hydrogen-bond acceptors (Lipinski definition) is 3. The maximum Gasteiger partial charge on any atom is 0.150 e. The molecule has 3 nitrogen and oxygen atoms in total. The van der Waals surface area contributed by atoms with Gasteiger partial charge in [0.05, 0.1) is 12.1 Å². The Bertz CT molecular complexity index is 629. The minimum absolute atomic E-state index is 0.270. The molecule has 2 rings (SSSR count). The van der Waals surface area contributed by atoms with E-state index in [2.05, 4.69) is 15.9 Å². The molecule has 0 saturated carbocycles. The summed E-state index contributed by atoms with van der Waals surface area (Å²) in [7, 11) is 1.58. The van der Waals surface area contributed by atoms with Gasteiger partial charge in [0.25, 0.3) is 0 Å². The number of carbonyl (C=O) groups excluding carboxylic acids is 1.